The van der Waals surface area contributed by atoms with Crippen molar-refractivity contribution in [2.75, 3.05) is 13.6 Å². The molecule has 0 N–H and O–H groups in total. The number of rotatable bonds is 6. The largest absolute Gasteiger partial charge is 0.304 e. The minimum atomic E-state index is 0.757. The van der Waals surface area contributed by atoms with Gasteiger partial charge in [-0.3, -0.25) is 0 Å². The number of hydrogen-bond donors (Lipinski definition) is 0. The molecule has 0 fully saturated rings. The summed E-state index contributed by atoms with van der Waals surface area (Å²) in [7, 11) is 2.23. The van der Waals surface area contributed by atoms with Crippen molar-refractivity contribution >= 4 is 0 Å². The molecule has 0 unspecified atom stereocenters. The Hall–Kier alpha value is -0.0400. The summed E-state index contributed by atoms with van der Waals surface area (Å²) < 4.78 is 0. The molecule has 14 heavy (non-hydrogen) atoms. The average molecular weight is 201 g/mol. The summed E-state index contributed by atoms with van der Waals surface area (Å²) in [5.74, 6) is 0.850. The van der Waals surface area contributed by atoms with Gasteiger partial charge in [0.15, 0.2) is 0 Å². The van der Waals surface area contributed by atoms with Gasteiger partial charge in [-0.25, -0.2) is 0 Å². The molecular weight excluding hydrogens is 170 g/mol. The van der Waals surface area contributed by atoms with Gasteiger partial charge in [0.1, 0.15) is 0 Å². The van der Waals surface area contributed by atoms with Crippen molar-refractivity contribution in [3.05, 3.63) is 0 Å². The monoisotopic (exact) mass is 201 g/mol. The third-order valence-electron chi connectivity index (χ3n) is 2.49. The van der Waals surface area contributed by atoms with Gasteiger partial charge >= 0.3 is 0 Å². The van der Waals surface area contributed by atoms with E-state index in [0.717, 1.165) is 12.0 Å². The van der Waals surface area contributed by atoms with Crippen LogP contribution in [0, 0.1) is 5.92 Å². The van der Waals surface area contributed by atoms with Crippen molar-refractivity contribution in [3.8, 4) is 0 Å². The molecule has 0 aliphatic heterocycles. The lowest BCUT2D eigenvalue weighted by molar-refractivity contribution is 0.237. The van der Waals surface area contributed by atoms with Gasteiger partial charge in [-0.2, -0.15) is 0 Å². The molecule has 0 amide bonds. The van der Waals surface area contributed by atoms with Crippen LogP contribution in [0.15, 0.2) is 0 Å². The molecule has 0 aromatic heterocycles. The van der Waals surface area contributed by atoms with E-state index in [9.17, 15) is 0 Å². The van der Waals surface area contributed by atoms with Gasteiger partial charge in [0.2, 0.25) is 0 Å². The normalized spacial score (nSPS) is 12.6. The number of hydrogen-bond acceptors (Lipinski definition) is 1. The van der Waals surface area contributed by atoms with Gasteiger partial charge in [0.05, 0.1) is 0 Å². The smallest absolute Gasteiger partial charge is 0.00639 e. The van der Waals surface area contributed by atoms with Crippen LogP contribution in [-0.2, 0) is 0 Å². The first-order valence-electron chi connectivity index (χ1n) is 6.28. The van der Waals surface area contributed by atoms with E-state index in [4.69, 9.17) is 0 Å². The molecule has 0 aliphatic carbocycles. The fourth-order valence-corrected chi connectivity index (χ4v) is 1.37. The molecule has 0 aliphatic rings. The van der Waals surface area contributed by atoms with E-state index in [2.05, 4.69) is 39.6 Å². The Bertz CT molecular complexity index is 99.4. The maximum Gasteiger partial charge on any atom is 0.00639 e. The van der Waals surface area contributed by atoms with Crippen molar-refractivity contribution in [1.82, 2.24) is 4.90 Å². The molecule has 0 aromatic carbocycles. The van der Waals surface area contributed by atoms with Gasteiger partial charge in [-0.1, -0.05) is 34.6 Å². The van der Waals surface area contributed by atoms with Crippen LogP contribution in [0.1, 0.15) is 60.8 Å². The lowest BCUT2D eigenvalue weighted by atomic mass is 10.0. The highest BCUT2D eigenvalue weighted by atomic mass is 15.1. The van der Waals surface area contributed by atoms with E-state index in [0.29, 0.717) is 0 Å². The Morgan fingerprint density at radius 1 is 1.00 bits per heavy atom. The highest BCUT2D eigenvalue weighted by molar-refractivity contribution is 4.63. The van der Waals surface area contributed by atoms with Crippen LogP contribution in [0.25, 0.3) is 0 Å². The molecule has 1 heteroatoms. The first-order valence-corrected chi connectivity index (χ1v) is 6.28. The van der Waals surface area contributed by atoms with Crippen LogP contribution in [0.4, 0.5) is 0 Å². The minimum Gasteiger partial charge on any atom is -0.304 e. The van der Waals surface area contributed by atoms with Crippen LogP contribution in [0.2, 0.25) is 0 Å². The molecule has 0 spiro atoms. The predicted molar refractivity (Wildman–Crippen MR) is 67.8 cm³/mol. The second-order valence-corrected chi connectivity index (χ2v) is 4.30. The van der Waals surface area contributed by atoms with Crippen molar-refractivity contribution < 1.29 is 0 Å². The Kier molecular flexibility index (Phi) is 12.9. The fraction of sp³-hybridized carbons (Fsp3) is 1.00. The van der Waals surface area contributed by atoms with Crippen molar-refractivity contribution in [2.45, 2.75) is 66.8 Å². The van der Waals surface area contributed by atoms with Crippen LogP contribution in [0.5, 0.6) is 0 Å². The Morgan fingerprint density at radius 2 is 1.50 bits per heavy atom. The lowest BCUT2D eigenvalue weighted by Gasteiger charge is -2.24. The third kappa shape index (κ3) is 10.0. The topological polar surface area (TPSA) is 3.24 Å². The highest BCUT2D eigenvalue weighted by Crippen LogP contribution is 2.10. The summed E-state index contributed by atoms with van der Waals surface area (Å²) in [5, 5.41) is 0. The quantitative estimate of drug-likeness (QED) is 0.623. The summed E-state index contributed by atoms with van der Waals surface area (Å²) >= 11 is 0. The van der Waals surface area contributed by atoms with Crippen molar-refractivity contribution in [1.29, 1.82) is 0 Å². The molecule has 1 atom stereocenters. The SMILES string of the molecule is CC.CCCN(C)[C@H](C)CCC(C)C. The molecule has 0 aromatic rings. The molecule has 0 radical (unpaired) electrons. The van der Waals surface area contributed by atoms with Gasteiger partial charge in [0, 0.05) is 6.04 Å². The Balaban J connectivity index is 0. The molecule has 88 valence electrons. The molecule has 1 nitrogen and oxygen atoms in total. The standard InChI is InChI=1S/C11H25N.C2H6/c1-6-9-12(5)11(4)8-7-10(2)3;1-2/h10-11H,6-9H2,1-5H3;1-2H3/t11-;/m1./s1. The van der Waals surface area contributed by atoms with Crippen molar-refractivity contribution in [2.24, 2.45) is 5.92 Å². The second kappa shape index (κ2) is 11.0. The molecule has 0 rings (SSSR count). The van der Waals surface area contributed by atoms with Gasteiger partial charge in [0.25, 0.3) is 0 Å². The van der Waals surface area contributed by atoms with E-state index in [1.54, 1.807) is 0 Å². The summed E-state index contributed by atoms with van der Waals surface area (Å²) in [5.41, 5.74) is 0. The van der Waals surface area contributed by atoms with E-state index in [1.165, 1.54) is 25.8 Å². The summed E-state index contributed by atoms with van der Waals surface area (Å²) in [6.07, 6.45) is 3.96. The predicted octanol–water partition coefficient (Wildman–Crippen LogP) is 4.18. The zero-order valence-corrected chi connectivity index (χ0v) is 11.4. The summed E-state index contributed by atoms with van der Waals surface area (Å²) in [4.78, 5) is 2.46. The maximum atomic E-state index is 2.46. The molecule has 0 saturated carbocycles. The zero-order valence-electron chi connectivity index (χ0n) is 11.4. The second-order valence-electron chi connectivity index (χ2n) is 4.30. The lowest BCUT2D eigenvalue weighted by Crippen LogP contribution is -2.29. The Morgan fingerprint density at radius 3 is 1.86 bits per heavy atom. The van der Waals surface area contributed by atoms with E-state index in [1.807, 2.05) is 13.8 Å². The maximum absolute atomic E-state index is 2.46. The van der Waals surface area contributed by atoms with Crippen LogP contribution in [0.3, 0.4) is 0 Å². The van der Waals surface area contributed by atoms with Crippen LogP contribution < -0.4 is 0 Å². The van der Waals surface area contributed by atoms with Crippen molar-refractivity contribution in [3.63, 3.8) is 0 Å². The van der Waals surface area contributed by atoms with Gasteiger partial charge in [-0.15, -0.1) is 0 Å². The van der Waals surface area contributed by atoms with Gasteiger partial charge in [-0.05, 0) is 45.7 Å². The zero-order chi connectivity index (χ0) is 11.6. The Labute approximate surface area is 91.9 Å². The van der Waals surface area contributed by atoms with E-state index >= 15 is 0 Å². The first kappa shape index (κ1) is 16.4. The molecule has 0 bridgehead atoms. The third-order valence-corrected chi connectivity index (χ3v) is 2.49. The minimum absolute atomic E-state index is 0.757. The van der Waals surface area contributed by atoms with Crippen LogP contribution in [-0.4, -0.2) is 24.5 Å². The van der Waals surface area contributed by atoms with E-state index < -0.39 is 0 Å². The van der Waals surface area contributed by atoms with E-state index in [-0.39, 0.29) is 0 Å². The molecular formula is C13H31N. The first-order chi connectivity index (χ1) is 6.57. The molecule has 0 saturated heterocycles. The fourth-order valence-electron chi connectivity index (χ4n) is 1.37. The van der Waals surface area contributed by atoms with Crippen LogP contribution >= 0.6 is 0 Å². The number of nitrogens with zero attached hydrogens (tertiary/aromatic N) is 1. The molecule has 0 heterocycles. The van der Waals surface area contributed by atoms with Gasteiger partial charge < -0.3 is 4.90 Å². The highest BCUT2D eigenvalue weighted by Gasteiger charge is 2.07. The summed E-state index contributed by atoms with van der Waals surface area (Å²) in [6.45, 7) is 14.4. The summed E-state index contributed by atoms with van der Waals surface area (Å²) in [6, 6.07) is 0.757. The average Bonchev–Trinajstić information content (AvgIpc) is 2.17.